The maximum absolute atomic E-state index is 10.6. The summed E-state index contributed by atoms with van der Waals surface area (Å²) in [5.74, 6) is -3.20. The molecule has 0 spiro atoms. The van der Waals surface area contributed by atoms with E-state index in [4.69, 9.17) is 15.0 Å². The number of carboxylic acid groups (broad SMARTS) is 2. The smallest absolute Gasteiger partial charge is 0.328 e. The molecular weight excluding hydrogens is 192 g/mol. The highest BCUT2D eigenvalue weighted by molar-refractivity contribution is 6.04. The SMILES string of the molecule is C=O.O=C(O)C=CC(=O)C=CC(=O)O. The van der Waals surface area contributed by atoms with Gasteiger partial charge in [-0.2, -0.15) is 0 Å². The number of rotatable bonds is 4. The number of hydrogen-bond donors (Lipinski definition) is 2. The molecule has 0 aliphatic rings. The van der Waals surface area contributed by atoms with Gasteiger partial charge in [-0.3, -0.25) is 4.79 Å². The first-order chi connectivity index (χ1) is 6.52. The molecule has 0 unspecified atom stereocenters. The fraction of sp³-hybridized carbons (Fsp3) is 0. The second kappa shape index (κ2) is 8.85. The Kier molecular flexibility index (Phi) is 9.04. The van der Waals surface area contributed by atoms with Gasteiger partial charge in [-0.15, -0.1) is 0 Å². The lowest BCUT2D eigenvalue weighted by atomic mass is 10.3. The Morgan fingerprint density at radius 1 is 0.786 bits per heavy atom. The maximum Gasteiger partial charge on any atom is 0.328 e. The van der Waals surface area contributed by atoms with E-state index < -0.39 is 17.7 Å². The fourth-order valence-corrected chi connectivity index (χ4v) is 0.362. The molecule has 0 amide bonds. The lowest BCUT2D eigenvalue weighted by Crippen LogP contribution is -1.93. The molecule has 0 aliphatic carbocycles. The Morgan fingerprint density at radius 3 is 1.29 bits per heavy atom. The van der Waals surface area contributed by atoms with Gasteiger partial charge in [0.1, 0.15) is 6.79 Å². The topological polar surface area (TPSA) is 109 Å². The zero-order chi connectivity index (χ0) is 11.6. The van der Waals surface area contributed by atoms with Gasteiger partial charge in [-0.25, -0.2) is 9.59 Å². The van der Waals surface area contributed by atoms with Crippen LogP contribution in [0.2, 0.25) is 0 Å². The van der Waals surface area contributed by atoms with Gasteiger partial charge >= 0.3 is 11.9 Å². The van der Waals surface area contributed by atoms with Crippen LogP contribution in [-0.4, -0.2) is 34.7 Å². The Bertz CT molecular complexity index is 250. The van der Waals surface area contributed by atoms with E-state index in [9.17, 15) is 14.4 Å². The highest BCUT2D eigenvalue weighted by atomic mass is 16.4. The van der Waals surface area contributed by atoms with E-state index in [1.807, 2.05) is 6.79 Å². The number of carboxylic acids is 2. The summed E-state index contributed by atoms with van der Waals surface area (Å²) in [6.07, 6.45) is 2.80. The fourth-order valence-electron chi connectivity index (χ4n) is 0.362. The van der Waals surface area contributed by atoms with Crippen molar-refractivity contribution in [2.75, 3.05) is 0 Å². The standard InChI is InChI=1S/C7H6O5.CH2O/c8-5(1-3-6(9)10)2-4-7(11)12;1-2/h1-4H,(H,9,10)(H,11,12);1H2. The molecule has 14 heavy (non-hydrogen) atoms. The predicted octanol–water partition coefficient (Wildman–Crippen LogP) is -0.348. The van der Waals surface area contributed by atoms with Crippen LogP contribution in [0.25, 0.3) is 0 Å². The van der Waals surface area contributed by atoms with E-state index in [0.29, 0.717) is 12.2 Å². The molecule has 0 fully saturated rings. The van der Waals surface area contributed by atoms with Gasteiger partial charge in [0.15, 0.2) is 5.78 Å². The van der Waals surface area contributed by atoms with Crippen molar-refractivity contribution in [3.05, 3.63) is 24.3 Å². The predicted molar refractivity (Wildman–Crippen MR) is 45.7 cm³/mol. The van der Waals surface area contributed by atoms with Gasteiger partial charge in [-0.05, 0) is 12.2 Å². The number of aliphatic carboxylic acids is 2. The third-order valence-electron chi connectivity index (χ3n) is 0.780. The molecule has 6 nitrogen and oxygen atoms in total. The summed E-state index contributed by atoms with van der Waals surface area (Å²) in [5, 5.41) is 16.1. The van der Waals surface area contributed by atoms with Crippen LogP contribution in [0.15, 0.2) is 24.3 Å². The van der Waals surface area contributed by atoms with E-state index in [1.54, 1.807) is 0 Å². The second-order valence-corrected chi connectivity index (χ2v) is 1.75. The van der Waals surface area contributed by atoms with E-state index in [-0.39, 0.29) is 0 Å². The molecule has 0 aromatic carbocycles. The molecule has 2 N–H and O–H groups in total. The van der Waals surface area contributed by atoms with Gasteiger partial charge in [0, 0.05) is 12.2 Å². The summed E-state index contributed by atoms with van der Waals surface area (Å²) in [6, 6.07) is 0. The van der Waals surface area contributed by atoms with Crippen LogP contribution in [0.3, 0.4) is 0 Å². The number of ketones is 1. The summed E-state index contributed by atoms with van der Waals surface area (Å²) in [4.78, 5) is 38.3. The molecule has 6 heteroatoms. The minimum atomic E-state index is -1.26. The molecule has 0 radical (unpaired) electrons. The number of carbonyl (C=O) groups is 4. The van der Waals surface area contributed by atoms with Crippen molar-refractivity contribution >= 4 is 24.5 Å². The van der Waals surface area contributed by atoms with Gasteiger partial charge in [0.05, 0.1) is 0 Å². The van der Waals surface area contributed by atoms with Gasteiger partial charge in [0.25, 0.3) is 0 Å². The van der Waals surface area contributed by atoms with Crippen LogP contribution >= 0.6 is 0 Å². The third kappa shape index (κ3) is 12.4. The van der Waals surface area contributed by atoms with E-state index in [1.165, 1.54) is 0 Å². The van der Waals surface area contributed by atoms with Crippen molar-refractivity contribution in [3.63, 3.8) is 0 Å². The first-order valence-corrected chi connectivity index (χ1v) is 3.17. The lowest BCUT2D eigenvalue weighted by Gasteiger charge is -1.80. The molecule has 76 valence electrons. The molecule has 0 saturated carbocycles. The summed E-state index contributed by atoms with van der Waals surface area (Å²) >= 11 is 0. The number of carbonyl (C=O) groups excluding carboxylic acids is 2. The Balaban J connectivity index is 0. The first-order valence-electron chi connectivity index (χ1n) is 3.17. The normalized spacial score (nSPS) is 9.43. The van der Waals surface area contributed by atoms with Crippen LogP contribution in [0.1, 0.15) is 0 Å². The average molecular weight is 200 g/mol. The van der Waals surface area contributed by atoms with Crippen LogP contribution < -0.4 is 0 Å². The Hall–Kier alpha value is -2.24. The molecule has 0 aromatic rings. The molecule has 0 saturated heterocycles. The summed E-state index contributed by atoms with van der Waals surface area (Å²) in [6.45, 7) is 2.00. The molecule has 0 atom stereocenters. The zero-order valence-corrected chi connectivity index (χ0v) is 7.04. The van der Waals surface area contributed by atoms with Crippen LogP contribution in [0.4, 0.5) is 0 Å². The molecule has 0 rings (SSSR count). The van der Waals surface area contributed by atoms with E-state index in [0.717, 1.165) is 12.2 Å². The molecule has 0 aromatic heterocycles. The lowest BCUT2D eigenvalue weighted by molar-refractivity contribution is -0.132. The van der Waals surface area contributed by atoms with Crippen molar-refractivity contribution in [2.45, 2.75) is 0 Å². The number of hydrogen-bond acceptors (Lipinski definition) is 4. The van der Waals surface area contributed by atoms with Crippen molar-refractivity contribution in [1.82, 2.24) is 0 Å². The van der Waals surface area contributed by atoms with E-state index >= 15 is 0 Å². The van der Waals surface area contributed by atoms with Crippen LogP contribution in [0, 0.1) is 0 Å². The van der Waals surface area contributed by atoms with Crippen molar-refractivity contribution in [1.29, 1.82) is 0 Å². The van der Waals surface area contributed by atoms with Crippen LogP contribution in [0.5, 0.6) is 0 Å². The third-order valence-corrected chi connectivity index (χ3v) is 0.780. The largest absolute Gasteiger partial charge is 0.478 e. The van der Waals surface area contributed by atoms with Crippen molar-refractivity contribution in [2.24, 2.45) is 0 Å². The summed E-state index contributed by atoms with van der Waals surface area (Å²) in [7, 11) is 0. The summed E-state index contributed by atoms with van der Waals surface area (Å²) < 4.78 is 0. The Morgan fingerprint density at radius 2 is 1.07 bits per heavy atom. The highest BCUT2D eigenvalue weighted by Crippen LogP contribution is 1.81. The minimum Gasteiger partial charge on any atom is -0.478 e. The van der Waals surface area contributed by atoms with Gasteiger partial charge in [-0.1, -0.05) is 0 Å². The summed E-state index contributed by atoms with van der Waals surface area (Å²) in [5.41, 5.74) is 0. The Labute approximate surface area is 79.2 Å². The molecule has 0 bridgehead atoms. The number of allylic oxidation sites excluding steroid dienone is 2. The second-order valence-electron chi connectivity index (χ2n) is 1.75. The highest BCUT2D eigenvalue weighted by Gasteiger charge is 1.92. The first kappa shape index (κ1) is 14.3. The quantitative estimate of drug-likeness (QED) is 0.600. The maximum atomic E-state index is 10.6. The minimum absolute atomic E-state index is 0.633. The van der Waals surface area contributed by atoms with Crippen molar-refractivity contribution < 1.29 is 29.4 Å². The van der Waals surface area contributed by atoms with Crippen molar-refractivity contribution in [3.8, 4) is 0 Å². The molecule has 0 heterocycles. The molecule has 0 aliphatic heterocycles. The van der Waals surface area contributed by atoms with Gasteiger partial charge in [0.2, 0.25) is 0 Å². The average Bonchev–Trinajstić information content (AvgIpc) is 2.14. The molecular formula is C8H8O6. The van der Waals surface area contributed by atoms with Gasteiger partial charge < -0.3 is 15.0 Å². The zero-order valence-electron chi connectivity index (χ0n) is 7.04. The monoisotopic (exact) mass is 200 g/mol. The van der Waals surface area contributed by atoms with E-state index in [2.05, 4.69) is 0 Å². The van der Waals surface area contributed by atoms with Crippen LogP contribution in [-0.2, 0) is 19.2 Å².